The Morgan fingerprint density at radius 2 is 1.08 bits per heavy atom. The molecule has 35 nitrogen and oxygen atoms in total. The number of aromatic amines is 1. The Morgan fingerprint density at radius 3 is 1.70 bits per heavy atom. The van der Waals surface area contributed by atoms with Crippen molar-refractivity contribution in [3.05, 3.63) is 173 Å². The van der Waals surface area contributed by atoms with E-state index in [2.05, 4.69) is 47.5 Å². The van der Waals surface area contributed by atoms with E-state index in [1.165, 1.54) is 66.2 Å². The molecule has 1 aromatic heterocycles. The average Bonchev–Trinajstić information content (AvgIpc) is 1.61. The number of morpholine rings is 1. The van der Waals surface area contributed by atoms with Crippen molar-refractivity contribution < 1.29 is 115 Å². The molecule has 6 aromatic rings. The zero-order valence-electron chi connectivity index (χ0n) is 72.0. The number of H-pyrrole nitrogens is 1. The van der Waals surface area contributed by atoms with Crippen molar-refractivity contribution in [2.45, 2.75) is 196 Å². The second kappa shape index (κ2) is 46.8. The quantitative estimate of drug-likeness (QED) is 0.0456. The molecule has 0 bridgehead atoms. The van der Waals surface area contributed by atoms with Crippen LogP contribution in [0.25, 0.3) is 10.9 Å². The van der Waals surface area contributed by atoms with Gasteiger partial charge in [0.1, 0.15) is 78.3 Å². The molecule has 0 radical (unpaired) electrons. The lowest BCUT2D eigenvalue weighted by atomic mass is 9.98. The molecule has 128 heavy (non-hydrogen) atoms. The fraction of sp³-hybridized carbons (Fsp3) is 0.472. The van der Waals surface area contributed by atoms with Gasteiger partial charge in [-0.05, 0) is 90.3 Å². The van der Waals surface area contributed by atoms with E-state index < -0.39 is 261 Å². The summed E-state index contributed by atoms with van der Waals surface area (Å²) in [5.74, 6) is -22.9. The van der Waals surface area contributed by atoms with E-state index in [1.807, 2.05) is 0 Å². The molecular weight excluding hydrogens is 1690 g/mol. The van der Waals surface area contributed by atoms with Crippen LogP contribution in [0.4, 0.5) is 13.2 Å². The summed E-state index contributed by atoms with van der Waals surface area (Å²) in [5.41, 5.74) is 2.02. The predicted octanol–water partition coefficient (Wildman–Crippen LogP) is 1.69. The van der Waals surface area contributed by atoms with Crippen LogP contribution in [0.2, 0.25) is 0 Å². The first-order valence-corrected chi connectivity index (χ1v) is 43.4. The van der Waals surface area contributed by atoms with Crippen molar-refractivity contribution in [3.63, 3.8) is 0 Å². The highest BCUT2D eigenvalue weighted by molar-refractivity contribution is 8.00. The minimum absolute atomic E-state index is 0.0762. The number of hydrogen-bond acceptors (Lipinski definition) is 20. The summed E-state index contributed by atoms with van der Waals surface area (Å²) in [4.78, 5) is 230. The predicted molar refractivity (Wildman–Crippen MR) is 460 cm³/mol. The number of aliphatic hydroxyl groups is 2. The number of nitrogens with one attached hydrogen (secondary N) is 9. The molecule has 39 heteroatoms. The summed E-state index contributed by atoms with van der Waals surface area (Å²) < 4.78 is 50.5. The molecule has 4 heterocycles. The highest BCUT2D eigenvalue weighted by Gasteiger charge is 2.47. The van der Waals surface area contributed by atoms with Crippen LogP contribution in [-0.2, 0) is 109 Å². The molecule has 9 rings (SSSR count). The number of amides is 13. The minimum Gasteiger partial charge on any atom is -0.508 e. The largest absolute Gasteiger partial charge is 0.508 e. The Balaban J connectivity index is 1.11. The van der Waals surface area contributed by atoms with Gasteiger partial charge in [0.15, 0.2) is 17.5 Å². The first kappa shape index (κ1) is 99.3. The maximum Gasteiger partial charge on any atom is 0.305 e. The molecule has 14 N–H and O–H groups in total. The number of thioether (sulfide) groups is 1. The summed E-state index contributed by atoms with van der Waals surface area (Å²) >= 11 is 0.910. The number of aromatic hydroxyl groups is 1. The van der Waals surface area contributed by atoms with Crippen LogP contribution >= 0.6 is 11.8 Å². The number of halogens is 3. The van der Waals surface area contributed by atoms with Crippen molar-refractivity contribution in [1.82, 2.24) is 72.0 Å². The number of carbonyl (C=O) groups is 15. The highest BCUT2D eigenvalue weighted by Crippen LogP contribution is 2.28. The number of nitrogens with zero attached hydrogens (tertiary/aromatic N) is 5. The number of fused-ring (bicyclic) bond motifs is 3. The second-order valence-corrected chi connectivity index (χ2v) is 33.6. The number of hydrogen-bond donors (Lipinski definition) is 14. The number of aliphatic hydroxyl groups excluding tert-OH is 2. The highest BCUT2D eigenvalue weighted by atomic mass is 32.2. The first-order chi connectivity index (χ1) is 60.9. The topological polar surface area (TPSA) is 495 Å². The number of ether oxygens (including phenoxy) is 1. The van der Waals surface area contributed by atoms with Gasteiger partial charge in [-0.25, -0.2) is 13.2 Å². The van der Waals surface area contributed by atoms with Gasteiger partial charge in [0.2, 0.25) is 76.8 Å². The number of phenolic OH excluding ortho intramolecular Hbond substituents is 1. The van der Waals surface area contributed by atoms with Crippen molar-refractivity contribution in [1.29, 1.82) is 0 Å². The minimum atomic E-state index is -2.04. The third-order valence-electron chi connectivity index (χ3n) is 22.7. The van der Waals surface area contributed by atoms with Gasteiger partial charge in [-0.1, -0.05) is 125 Å². The second-order valence-electron chi connectivity index (χ2n) is 32.6. The lowest BCUT2D eigenvalue weighted by molar-refractivity contribution is -0.152. The maximum absolute atomic E-state index is 15.6. The van der Waals surface area contributed by atoms with Crippen molar-refractivity contribution in [3.8, 4) is 5.75 Å². The van der Waals surface area contributed by atoms with Crippen LogP contribution in [0, 0.1) is 23.4 Å². The van der Waals surface area contributed by atoms with Crippen LogP contribution in [0.5, 0.6) is 5.75 Å². The molecule has 5 aromatic carbocycles. The van der Waals surface area contributed by atoms with Crippen molar-refractivity contribution in [2.75, 3.05) is 65.6 Å². The van der Waals surface area contributed by atoms with Crippen molar-refractivity contribution in [2.24, 2.45) is 5.92 Å². The number of carboxylic acid groups (broad SMARTS) is 2. The summed E-state index contributed by atoms with van der Waals surface area (Å²) in [7, 11) is 3.65. The lowest BCUT2D eigenvalue weighted by Gasteiger charge is -2.38. The van der Waals surface area contributed by atoms with Crippen molar-refractivity contribution >= 4 is 111 Å². The average molecular weight is 1800 g/mol. The Labute approximate surface area is 741 Å². The van der Waals surface area contributed by atoms with Crippen LogP contribution in [0.1, 0.15) is 107 Å². The Bertz CT molecular complexity index is 4940. The molecule has 14 atom stereocenters. The fourth-order valence-electron chi connectivity index (χ4n) is 15.6. The van der Waals surface area contributed by atoms with Crippen LogP contribution in [0.3, 0.4) is 0 Å². The van der Waals surface area contributed by atoms with Gasteiger partial charge in [0, 0.05) is 115 Å². The molecule has 13 amide bonds. The number of rotatable bonds is 21. The van der Waals surface area contributed by atoms with Crippen LogP contribution < -0.4 is 42.5 Å². The Morgan fingerprint density at radius 1 is 0.531 bits per heavy atom. The molecule has 3 saturated heterocycles. The maximum atomic E-state index is 15.6. The molecule has 0 spiro atoms. The van der Waals surface area contributed by atoms with Crippen LogP contribution in [-0.4, -0.2) is 294 Å². The third-order valence-corrected chi connectivity index (χ3v) is 23.9. The number of carboxylic acids is 2. The summed E-state index contributed by atoms with van der Waals surface area (Å²) in [6.45, 7) is 3.97. The lowest BCUT2D eigenvalue weighted by Crippen LogP contribution is -2.64. The van der Waals surface area contributed by atoms with Gasteiger partial charge < -0.3 is 102 Å². The molecule has 0 saturated carbocycles. The monoisotopic (exact) mass is 1800 g/mol. The first-order valence-electron chi connectivity index (χ1n) is 42.2. The number of aliphatic carboxylic acids is 2. The summed E-state index contributed by atoms with van der Waals surface area (Å²) in [6, 6.07) is 9.04. The zero-order chi connectivity index (χ0) is 93.3. The molecule has 3 aliphatic heterocycles. The van der Waals surface area contributed by atoms with E-state index in [4.69, 9.17) is 4.74 Å². The summed E-state index contributed by atoms with van der Waals surface area (Å²) in [5, 5.41) is 74.1. The molecule has 3 aliphatic rings. The number of para-hydroxylation sites is 1. The molecule has 0 unspecified atom stereocenters. The van der Waals surface area contributed by atoms with Gasteiger partial charge in [-0.3, -0.25) is 71.9 Å². The summed E-state index contributed by atoms with van der Waals surface area (Å²) in [6.07, 6.45) is -4.66. The molecule has 3 fully saturated rings. The molecule has 0 aliphatic carbocycles. The van der Waals surface area contributed by atoms with E-state index in [0.717, 1.165) is 36.3 Å². The number of phenols is 1. The van der Waals surface area contributed by atoms with Gasteiger partial charge in [0.05, 0.1) is 31.5 Å². The van der Waals surface area contributed by atoms with Gasteiger partial charge in [0.25, 0.3) is 0 Å². The van der Waals surface area contributed by atoms with E-state index in [0.29, 0.717) is 51.7 Å². The Kier molecular flexibility index (Phi) is 36.3. The normalized spacial score (nSPS) is 24.8. The van der Waals surface area contributed by atoms with Gasteiger partial charge in [-0.2, -0.15) is 0 Å². The molecular formula is C89H111F3N14O21S. The Hall–Kier alpha value is -12.5. The smallest absolute Gasteiger partial charge is 0.305 e. The number of carbonyl (C=O) groups excluding carboxylic acids is 13. The van der Waals surface area contributed by atoms with E-state index in [9.17, 15) is 63.5 Å². The SMILES string of the molecule is CCCC[C@H]1C(=O)N2C[C@H](O)C[C@@H]2C(=O)N[C@@H](CC(=O)O)C(=O)N[C@@H](C(C)C)C(=O)N(C)[C@@H](Cc2ccccc2)C(=O)N[C@@H](CCC(=O)O)C(=O)N2CCOC[C@@H]2C(=O)N[C@@H](Cc2c[nH]c3ccccc23)C(=O)N[C@@H](Cc2ccc(O)cc2)C(=O)N[C@@H](CCO)C(=O)N[C@H](C)CSCC(=O)N[C@@H](Cc2cc(F)c(F)c(F)c2)C(=O)N(C)[C@@H](Cc2ccccc2)C(=O)N1C. The molecule has 690 valence electrons. The number of likely N-dealkylation sites (N-methyl/N-ethyl adjacent to an activating group) is 3. The number of aromatic nitrogens is 1. The number of unbranched alkanes of at least 4 members (excludes halogenated alkanes) is 1. The zero-order valence-corrected chi connectivity index (χ0v) is 72.8. The number of benzene rings is 5. The van der Waals surface area contributed by atoms with E-state index in [1.54, 1.807) is 98.0 Å². The van der Waals surface area contributed by atoms with E-state index in [-0.39, 0.29) is 68.7 Å². The van der Waals surface area contributed by atoms with Gasteiger partial charge in [-0.15, -0.1) is 11.8 Å². The third kappa shape index (κ3) is 27.0. The van der Waals surface area contributed by atoms with Crippen LogP contribution in [0.15, 0.2) is 128 Å². The fourth-order valence-corrected chi connectivity index (χ4v) is 16.5. The standard InChI is InChI=1S/C89H111F3N14O21S/c1-8-9-24-68-88(125)106-45-57(109)42-70(106)83(120)100-66(43-75(113)114)81(118)101-77(49(2)3)89(126)103(6)69(39-51-18-12-10-13-19-51)82(119)97-63(29-30-74(111)112)86(123)105-32-34-127-46-72(105)84(121)99-65(41-55-44-93-61-23-17-16-22-58(55)61)80(117)98-64(37-53-25-27-56(108)28-26-53)79(116)96-62(31-33-107)78(115)94-50(4)47-128-48-73(110)95-67(38-54-35-59(90)76(92)60(91)36-54)85(122)104(7)71(87(124)102(68)5)40-52-20-14-11-15-21-52/h10-23,25-28,35-36,44,49-50,57,62-72,77,93,107-109H,8-9,24,29-34,37-43,45-48H2,1-7H3,(H,94,115)(H,95,110)(H,96,116)(H,97,119)(H,98,117)(H,99,121)(H,100,120)(H,101,118)(H,111,112)(H,113,114)/t50-,57-,62+,63+,64+,65+,66+,67+,68+,69+,70-,71+,72-,77+/m1/s1. The van der Waals surface area contributed by atoms with Gasteiger partial charge >= 0.3 is 11.9 Å². The van der Waals surface area contributed by atoms with E-state index >= 15 is 47.1 Å².